The summed E-state index contributed by atoms with van der Waals surface area (Å²) in [7, 11) is 0. The van der Waals surface area contributed by atoms with Gasteiger partial charge >= 0.3 is 6.16 Å². The average Bonchev–Trinajstić information content (AvgIpc) is 2.67. The smallest absolute Gasteiger partial charge is 0.431 e. The van der Waals surface area contributed by atoms with Gasteiger partial charge in [0.25, 0.3) is 0 Å². The van der Waals surface area contributed by atoms with Gasteiger partial charge in [0.1, 0.15) is 34.6 Å². The fourth-order valence-electron chi connectivity index (χ4n) is 2.43. The van der Waals surface area contributed by atoms with Crippen LogP contribution in [-0.4, -0.2) is 40.8 Å². The van der Waals surface area contributed by atoms with Gasteiger partial charge in [0.2, 0.25) is 0 Å². The van der Waals surface area contributed by atoms with E-state index in [9.17, 15) is 4.79 Å². The molecule has 0 aliphatic rings. The molecule has 34 heavy (non-hydrogen) atoms. The highest BCUT2D eigenvalue weighted by Crippen LogP contribution is 2.23. The third-order valence-corrected chi connectivity index (χ3v) is 4.95. The summed E-state index contributed by atoms with van der Waals surface area (Å²) in [5, 5.41) is 18.7. The molecule has 204 valence electrons. The van der Waals surface area contributed by atoms with Crippen LogP contribution in [0.2, 0.25) is 0 Å². The van der Waals surface area contributed by atoms with Crippen LogP contribution in [0.4, 0.5) is 4.79 Å². The van der Waals surface area contributed by atoms with E-state index in [1.807, 2.05) is 41.5 Å². The van der Waals surface area contributed by atoms with E-state index in [1.54, 1.807) is 41.5 Å². The van der Waals surface area contributed by atoms with Crippen molar-refractivity contribution in [3.8, 4) is 0 Å². The van der Waals surface area contributed by atoms with Gasteiger partial charge in [-0.25, -0.2) is 4.79 Å². The predicted octanol–water partition coefficient (Wildman–Crippen LogP) is 6.25. The average molecular weight is 499 g/mol. The Hall–Kier alpha value is -1.05. The minimum atomic E-state index is -0.827. The molecule has 11 heteroatoms. The number of hydrogen-bond acceptors (Lipinski definition) is 11. The molecule has 2 unspecified atom stereocenters. The highest BCUT2D eigenvalue weighted by Gasteiger charge is 2.30. The second-order valence-corrected chi connectivity index (χ2v) is 10.9. The van der Waals surface area contributed by atoms with Crippen molar-refractivity contribution in [2.75, 3.05) is 0 Å². The second-order valence-electron chi connectivity index (χ2n) is 10.9. The first-order valence-electron chi connectivity index (χ1n) is 11.7. The highest BCUT2D eigenvalue weighted by molar-refractivity contribution is 5.60. The van der Waals surface area contributed by atoms with Gasteiger partial charge < -0.3 is 9.47 Å². The van der Waals surface area contributed by atoms with Gasteiger partial charge in [-0.3, -0.25) is 0 Å². The molecule has 0 aromatic rings. The van der Waals surface area contributed by atoms with E-state index in [4.69, 9.17) is 29.0 Å². The summed E-state index contributed by atoms with van der Waals surface area (Å²) in [6.45, 7) is 21.7. The lowest BCUT2D eigenvalue weighted by Gasteiger charge is -2.28. The lowest BCUT2D eigenvalue weighted by molar-refractivity contribution is -0.664. The first-order valence-corrected chi connectivity index (χ1v) is 11.7. The molecule has 0 aromatic heterocycles. The van der Waals surface area contributed by atoms with E-state index in [2.05, 4.69) is 20.2 Å². The maximum Gasteiger partial charge on any atom is 0.508 e. The fourth-order valence-corrected chi connectivity index (χ4v) is 2.43. The standard InChI is InChI=1S/C23H46O11/c1-13-20(5,6)27-31-33-29-22(9,10)15-17(3)25-19(24)26-18(4)16-23(11,12)30-34-32-28-21(7,8)14-2/h17-18H,13-16H2,1-12H3. The molecule has 0 fully saturated rings. The van der Waals surface area contributed by atoms with Gasteiger partial charge in [0, 0.05) is 12.8 Å². The summed E-state index contributed by atoms with van der Waals surface area (Å²) in [4.78, 5) is 32.8. The van der Waals surface area contributed by atoms with Crippen molar-refractivity contribution in [2.24, 2.45) is 0 Å². The van der Waals surface area contributed by atoms with Gasteiger partial charge in [-0.05, 0) is 102 Å². The molecule has 0 saturated heterocycles. The first kappa shape index (κ1) is 33.0. The molecular formula is C23H46O11. The summed E-state index contributed by atoms with van der Waals surface area (Å²) in [6, 6.07) is 0. The van der Waals surface area contributed by atoms with Crippen LogP contribution in [0.25, 0.3) is 0 Å². The van der Waals surface area contributed by atoms with Crippen molar-refractivity contribution >= 4 is 6.16 Å². The third-order valence-electron chi connectivity index (χ3n) is 4.95. The molecule has 0 N–H and O–H groups in total. The topological polar surface area (TPSA) is 109 Å². The number of carbonyl (C=O) groups is 1. The Morgan fingerprint density at radius 2 is 0.824 bits per heavy atom. The zero-order valence-electron chi connectivity index (χ0n) is 23.0. The van der Waals surface area contributed by atoms with E-state index >= 15 is 0 Å². The van der Waals surface area contributed by atoms with Crippen molar-refractivity contribution in [1.29, 1.82) is 0 Å². The quantitative estimate of drug-likeness (QED) is 0.0924. The van der Waals surface area contributed by atoms with Gasteiger partial charge in [0.05, 0.1) is 0 Å². The fraction of sp³-hybridized carbons (Fsp3) is 0.957. The normalized spacial score (nSPS) is 15.2. The SMILES string of the molecule is CCC(C)(C)OOOOC(C)(C)CC(C)OC(=O)OC(C)CC(C)(C)OOOOC(C)(C)CC. The molecule has 0 aliphatic heterocycles. The Kier molecular flexibility index (Phi) is 14.0. The molecule has 0 spiro atoms. The largest absolute Gasteiger partial charge is 0.508 e. The summed E-state index contributed by atoms with van der Waals surface area (Å²) in [5.41, 5.74) is -2.68. The molecule has 0 heterocycles. The monoisotopic (exact) mass is 498 g/mol. The van der Waals surface area contributed by atoms with Crippen molar-refractivity contribution in [2.45, 2.75) is 143 Å². The number of carbonyl (C=O) groups excluding carboxylic acids is 1. The van der Waals surface area contributed by atoms with E-state index in [-0.39, 0.29) is 0 Å². The van der Waals surface area contributed by atoms with Gasteiger partial charge in [-0.1, -0.05) is 13.8 Å². The molecule has 0 aliphatic carbocycles. The van der Waals surface area contributed by atoms with Crippen molar-refractivity contribution in [3.05, 3.63) is 0 Å². The Balaban J connectivity index is 4.30. The number of rotatable bonds is 18. The molecule has 0 amide bonds. The highest BCUT2D eigenvalue weighted by atomic mass is 17.7. The summed E-state index contributed by atoms with van der Waals surface area (Å²) >= 11 is 0. The maximum atomic E-state index is 12.2. The molecule has 0 radical (unpaired) electrons. The third kappa shape index (κ3) is 16.6. The number of ether oxygens (including phenoxy) is 2. The van der Waals surface area contributed by atoms with Crippen LogP contribution in [0.15, 0.2) is 0 Å². The lowest BCUT2D eigenvalue weighted by atomic mass is 10.0. The Morgan fingerprint density at radius 1 is 0.559 bits per heavy atom. The van der Waals surface area contributed by atoms with Crippen LogP contribution in [-0.2, 0) is 49.2 Å². The molecule has 0 aromatic carbocycles. The summed E-state index contributed by atoms with van der Waals surface area (Å²) in [6.07, 6.45) is 0.206. The molecule has 0 saturated carbocycles. The maximum absolute atomic E-state index is 12.2. The van der Waals surface area contributed by atoms with Gasteiger partial charge in [-0.2, -0.15) is 19.6 Å². The van der Waals surface area contributed by atoms with E-state index < -0.39 is 40.8 Å². The van der Waals surface area contributed by atoms with E-state index in [0.29, 0.717) is 12.8 Å². The molecule has 0 bridgehead atoms. The first-order chi connectivity index (χ1) is 15.4. The Bertz CT molecular complexity index is 527. The molecule has 0 rings (SSSR count). The lowest BCUT2D eigenvalue weighted by Crippen LogP contribution is -2.34. The second kappa shape index (κ2) is 14.5. The van der Waals surface area contributed by atoms with Crippen LogP contribution in [0.5, 0.6) is 0 Å². The van der Waals surface area contributed by atoms with Gasteiger partial charge in [-0.15, -0.1) is 0 Å². The van der Waals surface area contributed by atoms with Crippen LogP contribution in [0, 0.1) is 0 Å². The predicted molar refractivity (Wildman–Crippen MR) is 121 cm³/mol. The van der Waals surface area contributed by atoms with Crippen LogP contribution in [0.3, 0.4) is 0 Å². The Labute approximate surface area is 204 Å². The van der Waals surface area contributed by atoms with Crippen LogP contribution < -0.4 is 0 Å². The summed E-state index contributed by atoms with van der Waals surface area (Å²) < 4.78 is 10.6. The number of hydrogen-bond donors (Lipinski definition) is 0. The Morgan fingerprint density at radius 3 is 1.09 bits per heavy atom. The minimum absolute atomic E-state index is 0.310. The molecular weight excluding hydrogens is 452 g/mol. The minimum Gasteiger partial charge on any atom is -0.431 e. The van der Waals surface area contributed by atoms with Crippen LogP contribution >= 0.6 is 0 Å². The van der Waals surface area contributed by atoms with Crippen LogP contribution in [0.1, 0.15) is 109 Å². The van der Waals surface area contributed by atoms with E-state index in [0.717, 1.165) is 12.8 Å². The zero-order chi connectivity index (χ0) is 26.6. The molecule has 11 nitrogen and oxygen atoms in total. The van der Waals surface area contributed by atoms with E-state index in [1.165, 1.54) is 0 Å². The van der Waals surface area contributed by atoms with Gasteiger partial charge in [0.15, 0.2) is 0 Å². The van der Waals surface area contributed by atoms with Crippen molar-refractivity contribution in [1.82, 2.24) is 0 Å². The summed E-state index contributed by atoms with van der Waals surface area (Å²) in [5.74, 6) is 0. The zero-order valence-corrected chi connectivity index (χ0v) is 23.0. The van der Waals surface area contributed by atoms with Crippen molar-refractivity contribution in [3.63, 3.8) is 0 Å². The molecule has 2 atom stereocenters. The van der Waals surface area contributed by atoms with Crippen molar-refractivity contribution < 1.29 is 54.0 Å².